The predicted octanol–water partition coefficient (Wildman–Crippen LogP) is 6.09. The van der Waals surface area contributed by atoms with Gasteiger partial charge in [0.1, 0.15) is 5.75 Å². The second-order valence-corrected chi connectivity index (χ2v) is 8.39. The molecule has 7 nitrogen and oxygen atoms in total. The molecular weight excluding hydrogens is 440 g/mol. The number of halogens is 1. The molecule has 8 heteroatoms. The van der Waals surface area contributed by atoms with E-state index in [9.17, 15) is 4.79 Å². The highest BCUT2D eigenvalue weighted by atomic mass is 35.5. The number of aromatic nitrogens is 2. The van der Waals surface area contributed by atoms with Crippen LogP contribution in [0.25, 0.3) is 17.0 Å². The van der Waals surface area contributed by atoms with E-state index in [0.717, 1.165) is 41.7 Å². The molecule has 1 N–H and O–H groups in total. The van der Waals surface area contributed by atoms with Crippen molar-refractivity contribution in [2.45, 2.75) is 39.2 Å². The molecule has 33 heavy (non-hydrogen) atoms. The van der Waals surface area contributed by atoms with Crippen molar-refractivity contribution in [3.05, 3.63) is 70.7 Å². The molecule has 1 aromatic heterocycles. The van der Waals surface area contributed by atoms with E-state index in [0.29, 0.717) is 29.0 Å². The highest BCUT2D eigenvalue weighted by Crippen LogP contribution is 2.38. The van der Waals surface area contributed by atoms with Crippen molar-refractivity contribution >= 4 is 23.2 Å². The zero-order valence-corrected chi connectivity index (χ0v) is 19.7. The van der Waals surface area contributed by atoms with E-state index in [1.165, 1.54) is 0 Å². The molecule has 0 bridgehead atoms. The SMILES string of the molecule is CCCCCN1C(=O)NC(c2cccc(OC)c2)C(c2nc(-c3cccc(Cl)c3)no2)=C1C. The monoisotopic (exact) mass is 466 g/mol. The van der Waals surface area contributed by atoms with Gasteiger partial charge in [0.05, 0.1) is 18.7 Å². The summed E-state index contributed by atoms with van der Waals surface area (Å²) in [6, 6.07) is 14.3. The molecule has 2 heterocycles. The van der Waals surface area contributed by atoms with Gasteiger partial charge in [-0.1, -0.05) is 60.8 Å². The first-order valence-electron chi connectivity index (χ1n) is 11.0. The van der Waals surface area contributed by atoms with Crippen molar-refractivity contribution in [1.29, 1.82) is 0 Å². The van der Waals surface area contributed by atoms with E-state index in [1.807, 2.05) is 43.3 Å². The molecule has 3 aromatic rings. The van der Waals surface area contributed by atoms with Crippen molar-refractivity contribution in [3.63, 3.8) is 0 Å². The fraction of sp³-hybridized carbons (Fsp3) is 0.320. The number of hydrogen-bond acceptors (Lipinski definition) is 5. The number of unbranched alkanes of at least 4 members (excludes halogenated alkanes) is 2. The summed E-state index contributed by atoms with van der Waals surface area (Å²) in [5.41, 5.74) is 3.19. The summed E-state index contributed by atoms with van der Waals surface area (Å²) in [6.45, 7) is 4.69. The van der Waals surface area contributed by atoms with Crippen LogP contribution in [-0.4, -0.2) is 34.7 Å². The van der Waals surface area contributed by atoms with Crippen LogP contribution in [0, 0.1) is 0 Å². The lowest BCUT2D eigenvalue weighted by molar-refractivity contribution is 0.204. The minimum Gasteiger partial charge on any atom is -0.497 e. The van der Waals surface area contributed by atoms with Crippen LogP contribution in [0.2, 0.25) is 5.02 Å². The number of rotatable bonds is 8. The number of carbonyl (C=O) groups is 1. The summed E-state index contributed by atoms with van der Waals surface area (Å²) in [5.74, 6) is 1.50. The van der Waals surface area contributed by atoms with Gasteiger partial charge in [0, 0.05) is 22.8 Å². The molecule has 0 spiro atoms. The first-order valence-corrected chi connectivity index (χ1v) is 11.4. The number of nitrogens with zero attached hydrogens (tertiary/aromatic N) is 3. The highest BCUT2D eigenvalue weighted by Gasteiger charge is 2.35. The Hall–Kier alpha value is -3.32. The minimum absolute atomic E-state index is 0.144. The zero-order chi connectivity index (χ0) is 23.4. The van der Waals surface area contributed by atoms with Gasteiger partial charge < -0.3 is 14.6 Å². The maximum absolute atomic E-state index is 13.0. The molecule has 2 aromatic carbocycles. The maximum atomic E-state index is 13.0. The van der Waals surface area contributed by atoms with Gasteiger partial charge in [0.25, 0.3) is 5.89 Å². The normalized spacial score (nSPS) is 16.2. The van der Waals surface area contributed by atoms with Gasteiger partial charge in [-0.05, 0) is 43.2 Å². The Bertz CT molecular complexity index is 1170. The average Bonchev–Trinajstić information content (AvgIpc) is 3.30. The van der Waals surface area contributed by atoms with Gasteiger partial charge >= 0.3 is 6.03 Å². The third kappa shape index (κ3) is 4.88. The Morgan fingerprint density at radius 2 is 2.00 bits per heavy atom. The molecule has 4 rings (SSSR count). The zero-order valence-electron chi connectivity index (χ0n) is 19.0. The summed E-state index contributed by atoms with van der Waals surface area (Å²) in [4.78, 5) is 19.5. The summed E-state index contributed by atoms with van der Waals surface area (Å²) in [6.07, 6.45) is 3.03. The maximum Gasteiger partial charge on any atom is 0.322 e. The van der Waals surface area contributed by atoms with Crippen LogP contribution >= 0.6 is 11.6 Å². The van der Waals surface area contributed by atoms with Gasteiger partial charge in [0.2, 0.25) is 5.82 Å². The van der Waals surface area contributed by atoms with Crippen molar-refractivity contribution < 1.29 is 14.1 Å². The number of carbonyl (C=O) groups excluding carboxylic acids is 1. The van der Waals surface area contributed by atoms with Crippen LogP contribution in [0.15, 0.2) is 58.8 Å². The quantitative estimate of drug-likeness (QED) is 0.406. The van der Waals surface area contributed by atoms with E-state index >= 15 is 0 Å². The van der Waals surface area contributed by atoms with E-state index in [4.69, 9.17) is 20.9 Å². The molecule has 1 aliphatic heterocycles. The van der Waals surface area contributed by atoms with Gasteiger partial charge in [-0.2, -0.15) is 4.98 Å². The van der Waals surface area contributed by atoms with E-state index < -0.39 is 6.04 Å². The van der Waals surface area contributed by atoms with E-state index in [1.54, 1.807) is 24.1 Å². The number of allylic oxidation sites excluding steroid dienone is 1. The van der Waals surface area contributed by atoms with Crippen LogP contribution in [0.3, 0.4) is 0 Å². The number of amides is 2. The summed E-state index contributed by atoms with van der Waals surface area (Å²) in [7, 11) is 1.62. The van der Waals surface area contributed by atoms with Crippen LogP contribution in [0.5, 0.6) is 5.75 Å². The number of ether oxygens (including phenoxy) is 1. The molecule has 0 fully saturated rings. The van der Waals surface area contributed by atoms with E-state index in [2.05, 4.69) is 22.4 Å². The summed E-state index contributed by atoms with van der Waals surface area (Å²) >= 11 is 6.14. The van der Waals surface area contributed by atoms with Crippen LogP contribution in [0.4, 0.5) is 4.79 Å². The number of nitrogens with one attached hydrogen (secondary N) is 1. The fourth-order valence-corrected chi connectivity index (χ4v) is 4.19. The number of urea groups is 1. The van der Waals surface area contributed by atoms with Gasteiger partial charge in [-0.3, -0.25) is 4.90 Å². The van der Waals surface area contributed by atoms with E-state index in [-0.39, 0.29) is 6.03 Å². The smallest absolute Gasteiger partial charge is 0.322 e. The van der Waals surface area contributed by atoms with Crippen LogP contribution in [0.1, 0.15) is 50.6 Å². The van der Waals surface area contributed by atoms with Crippen molar-refractivity contribution in [1.82, 2.24) is 20.4 Å². The molecule has 2 amide bonds. The third-order valence-corrected chi connectivity index (χ3v) is 5.98. The average molecular weight is 467 g/mol. The van der Waals surface area contributed by atoms with Crippen molar-refractivity contribution in [2.75, 3.05) is 13.7 Å². The second-order valence-electron chi connectivity index (χ2n) is 7.95. The second kappa shape index (κ2) is 10.1. The molecule has 1 aliphatic rings. The third-order valence-electron chi connectivity index (χ3n) is 5.75. The molecule has 0 radical (unpaired) electrons. The summed E-state index contributed by atoms with van der Waals surface area (Å²) < 4.78 is 11.1. The molecule has 0 saturated carbocycles. The Labute approximate surface area is 198 Å². The number of methoxy groups -OCH3 is 1. The molecule has 1 unspecified atom stereocenters. The highest BCUT2D eigenvalue weighted by molar-refractivity contribution is 6.30. The Balaban J connectivity index is 1.78. The largest absolute Gasteiger partial charge is 0.497 e. The van der Waals surface area contributed by atoms with Gasteiger partial charge in [-0.25, -0.2) is 4.79 Å². The fourth-order valence-electron chi connectivity index (χ4n) is 4.00. The number of benzene rings is 2. The van der Waals surface area contributed by atoms with Gasteiger partial charge in [0.15, 0.2) is 0 Å². The first kappa shape index (κ1) is 22.9. The Morgan fingerprint density at radius 3 is 2.76 bits per heavy atom. The molecule has 0 aliphatic carbocycles. The molecule has 0 saturated heterocycles. The lowest BCUT2D eigenvalue weighted by Gasteiger charge is -2.35. The van der Waals surface area contributed by atoms with Crippen LogP contribution in [-0.2, 0) is 0 Å². The van der Waals surface area contributed by atoms with Crippen LogP contribution < -0.4 is 10.1 Å². The van der Waals surface area contributed by atoms with Crippen molar-refractivity contribution in [3.8, 4) is 17.1 Å². The lowest BCUT2D eigenvalue weighted by Crippen LogP contribution is -2.46. The number of hydrogen-bond donors (Lipinski definition) is 1. The topological polar surface area (TPSA) is 80.5 Å². The first-order chi connectivity index (χ1) is 16.0. The lowest BCUT2D eigenvalue weighted by atomic mass is 9.94. The summed E-state index contributed by atoms with van der Waals surface area (Å²) in [5, 5.41) is 7.90. The molecule has 172 valence electrons. The Morgan fingerprint density at radius 1 is 1.18 bits per heavy atom. The van der Waals surface area contributed by atoms with Crippen molar-refractivity contribution in [2.24, 2.45) is 0 Å². The van der Waals surface area contributed by atoms with Gasteiger partial charge in [-0.15, -0.1) is 0 Å². The molecular formula is C25H27ClN4O3. The minimum atomic E-state index is -0.456. The molecule has 1 atom stereocenters. The predicted molar refractivity (Wildman–Crippen MR) is 128 cm³/mol. The Kier molecular flexibility index (Phi) is 6.99. The standard InChI is InChI=1S/C25H27ClN4O3/c1-4-5-6-13-30-16(2)21(22(27-25(30)31)17-9-8-12-20(15-17)32-3)24-28-23(29-33-24)18-10-7-11-19(26)14-18/h7-12,14-15,22H,4-6,13H2,1-3H3,(H,27,31).